The number of hydrogen-bond acceptors (Lipinski definition) is 3. The van der Waals surface area contributed by atoms with Crippen LogP contribution in [0.4, 0.5) is 8.78 Å². The molecule has 3 rings (SSSR count). The van der Waals surface area contributed by atoms with Crippen molar-refractivity contribution in [2.24, 2.45) is 5.92 Å². The number of carbonyl (C=O) groups is 1. The molecule has 1 aromatic heterocycles. The Balaban J connectivity index is 1.59. The SMILES string of the molecule is Cc1ccc(=O)n(CC(=O)N2CCC[C@H](CCc3c(F)cccc3F)C2)n1. The van der Waals surface area contributed by atoms with E-state index >= 15 is 0 Å². The molecular weight excluding hydrogens is 352 g/mol. The fraction of sp³-hybridized carbons (Fsp3) is 0.450. The number of nitrogens with zero attached hydrogens (tertiary/aromatic N) is 3. The maximum atomic E-state index is 13.8. The minimum Gasteiger partial charge on any atom is -0.341 e. The van der Waals surface area contributed by atoms with Crippen LogP contribution in [0.3, 0.4) is 0 Å². The third-order valence-electron chi connectivity index (χ3n) is 5.02. The molecule has 1 aromatic carbocycles. The third-order valence-corrected chi connectivity index (χ3v) is 5.02. The zero-order valence-electron chi connectivity index (χ0n) is 15.3. The van der Waals surface area contributed by atoms with Gasteiger partial charge >= 0.3 is 0 Å². The van der Waals surface area contributed by atoms with Gasteiger partial charge in [0.15, 0.2) is 0 Å². The lowest BCUT2D eigenvalue weighted by molar-refractivity contribution is -0.134. The van der Waals surface area contributed by atoms with E-state index in [0.29, 0.717) is 31.6 Å². The second-order valence-electron chi connectivity index (χ2n) is 7.06. The van der Waals surface area contributed by atoms with Crippen LogP contribution >= 0.6 is 0 Å². The molecule has 27 heavy (non-hydrogen) atoms. The number of hydrogen-bond donors (Lipinski definition) is 0. The molecule has 0 N–H and O–H groups in total. The highest BCUT2D eigenvalue weighted by molar-refractivity contribution is 5.76. The Labute approximate surface area is 156 Å². The number of likely N-dealkylation sites (tertiary alicyclic amines) is 1. The zero-order valence-corrected chi connectivity index (χ0v) is 15.3. The molecule has 7 heteroatoms. The Morgan fingerprint density at radius 2 is 1.96 bits per heavy atom. The second-order valence-corrected chi connectivity index (χ2v) is 7.06. The van der Waals surface area contributed by atoms with E-state index in [4.69, 9.17) is 0 Å². The van der Waals surface area contributed by atoms with Crippen LogP contribution in [0, 0.1) is 24.5 Å². The highest BCUT2D eigenvalue weighted by Gasteiger charge is 2.24. The molecule has 1 atom stereocenters. The van der Waals surface area contributed by atoms with Crippen LogP contribution in [0.25, 0.3) is 0 Å². The molecule has 0 saturated carbocycles. The number of benzene rings is 1. The standard InChI is InChI=1S/C20H23F2N3O2/c1-14-7-10-19(26)25(23-14)13-20(27)24-11-3-4-15(12-24)8-9-16-17(21)5-2-6-18(16)22/h2,5-7,10,15H,3-4,8-9,11-13H2,1H3/t15-/m1/s1. The van der Waals surface area contributed by atoms with Crippen LogP contribution in [0.1, 0.15) is 30.5 Å². The number of carbonyl (C=O) groups excluding carboxylic acids is 1. The molecule has 0 bridgehead atoms. The molecule has 0 spiro atoms. The van der Waals surface area contributed by atoms with Gasteiger partial charge in [-0.2, -0.15) is 5.10 Å². The maximum Gasteiger partial charge on any atom is 0.267 e. The van der Waals surface area contributed by atoms with E-state index in [0.717, 1.165) is 12.8 Å². The monoisotopic (exact) mass is 375 g/mol. The summed E-state index contributed by atoms with van der Waals surface area (Å²) in [6.45, 7) is 2.84. The lowest BCUT2D eigenvalue weighted by Gasteiger charge is -2.33. The molecule has 1 fully saturated rings. The summed E-state index contributed by atoms with van der Waals surface area (Å²) < 4.78 is 28.7. The number of aromatic nitrogens is 2. The Kier molecular flexibility index (Phi) is 5.98. The molecule has 2 aromatic rings. The molecule has 2 heterocycles. The van der Waals surface area contributed by atoms with Crippen molar-refractivity contribution in [1.29, 1.82) is 0 Å². The van der Waals surface area contributed by atoms with Crippen molar-refractivity contribution in [3.8, 4) is 0 Å². The lowest BCUT2D eigenvalue weighted by atomic mass is 9.91. The summed E-state index contributed by atoms with van der Waals surface area (Å²) in [5.41, 5.74) is 0.472. The van der Waals surface area contributed by atoms with Gasteiger partial charge < -0.3 is 4.90 Å². The zero-order chi connectivity index (χ0) is 19.4. The summed E-state index contributed by atoms with van der Waals surface area (Å²) in [5, 5.41) is 4.10. The summed E-state index contributed by atoms with van der Waals surface area (Å²) in [5.74, 6) is -1.02. The summed E-state index contributed by atoms with van der Waals surface area (Å²) in [6, 6.07) is 6.90. The summed E-state index contributed by atoms with van der Waals surface area (Å²) in [6.07, 6.45) is 2.68. The fourth-order valence-electron chi connectivity index (χ4n) is 3.54. The lowest BCUT2D eigenvalue weighted by Crippen LogP contribution is -2.43. The quantitative estimate of drug-likeness (QED) is 0.807. The second kappa shape index (κ2) is 8.41. The molecular formula is C20H23F2N3O2. The van der Waals surface area contributed by atoms with Gasteiger partial charge in [0.1, 0.15) is 18.2 Å². The van der Waals surface area contributed by atoms with Gasteiger partial charge in [0.25, 0.3) is 5.56 Å². The number of rotatable bonds is 5. The van der Waals surface area contributed by atoms with Gasteiger partial charge in [-0.3, -0.25) is 9.59 Å². The highest BCUT2D eigenvalue weighted by atomic mass is 19.1. The predicted molar refractivity (Wildman–Crippen MR) is 97.2 cm³/mol. The van der Waals surface area contributed by atoms with E-state index in [1.807, 2.05) is 0 Å². The van der Waals surface area contributed by atoms with E-state index in [1.54, 1.807) is 17.9 Å². The maximum absolute atomic E-state index is 13.8. The number of amides is 1. The van der Waals surface area contributed by atoms with Gasteiger partial charge in [0.2, 0.25) is 5.91 Å². The molecule has 0 radical (unpaired) electrons. The smallest absolute Gasteiger partial charge is 0.267 e. The first-order chi connectivity index (χ1) is 12.9. The first kappa shape index (κ1) is 19.2. The topological polar surface area (TPSA) is 55.2 Å². The van der Waals surface area contributed by atoms with Crippen LogP contribution in [-0.4, -0.2) is 33.7 Å². The van der Waals surface area contributed by atoms with Crippen molar-refractivity contribution in [1.82, 2.24) is 14.7 Å². The normalized spacial score (nSPS) is 17.1. The van der Waals surface area contributed by atoms with Crippen LogP contribution in [-0.2, 0) is 17.8 Å². The minimum absolute atomic E-state index is 0.0881. The van der Waals surface area contributed by atoms with Gasteiger partial charge in [-0.1, -0.05) is 6.07 Å². The van der Waals surface area contributed by atoms with Gasteiger partial charge in [-0.05, 0) is 56.7 Å². The van der Waals surface area contributed by atoms with Gasteiger partial charge in [0, 0.05) is 24.7 Å². The first-order valence-corrected chi connectivity index (χ1v) is 9.19. The Hall–Kier alpha value is -2.57. The number of piperidine rings is 1. The molecule has 144 valence electrons. The van der Waals surface area contributed by atoms with Crippen LogP contribution < -0.4 is 5.56 Å². The van der Waals surface area contributed by atoms with Crippen LogP contribution in [0.2, 0.25) is 0 Å². The average molecular weight is 375 g/mol. The molecule has 1 aliphatic heterocycles. The van der Waals surface area contributed by atoms with Crippen LogP contribution in [0.5, 0.6) is 0 Å². The predicted octanol–water partition coefficient (Wildman–Crippen LogP) is 2.70. The van der Waals surface area contributed by atoms with E-state index in [9.17, 15) is 18.4 Å². The highest BCUT2D eigenvalue weighted by Crippen LogP contribution is 2.23. The number of halogens is 2. The minimum atomic E-state index is -0.524. The van der Waals surface area contributed by atoms with Crippen molar-refractivity contribution in [3.05, 3.63) is 63.6 Å². The third kappa shape index (κ3) is 4.78. The van der Waals surface area contributed by atoms with E-state index in [1.165, 1.54) is 28.9 Å². The van der Waals surface area contributed by atoms with Crippen molar-refractivity contribution >= 4 is 5.91 Å². The number of aryl methyl sites for hydroxylation is 1. The summed E-state index contributed by atoms with van der Waals surface area (Å²) >= 11 is 0. The van der Waals surface area contributed by atoms with Crippen molar-refractivity contribution in [2.75, 3.05) is 13.1 Å². The van der Waals surface area contributed by atoms with Gasteiger partial charge in [-0.15, -0.1) is 0 Å². The van der Waals surface area contributed by atoms with Crippen molar-refractivity contribution in [3.63, 3.8) is 0 Å². The summed E-state index contributed by atoms with van der Waals surface area (Å²) in [4.78, 5) is 26.1. The van der Waals surface area contributed by atoms with Gasteiger partial charge in [0.05, 0.1) is 5.69 Å². The Morgan fingerprint density at radius 3 is 2.70 bits per heavy atom. The van der Waals surface area contributed by atoms with Crippen molar-refractivity contribution < 1.29 is 13.6 Å². The Morgan fingerprint density at radius 1 is 1.22 bits per heavy atom. The summed E-state index contributed by atoms with van der Waals surface area (Å²) in [7, 11) is 0. The van der Waals surface area contributed by atoms with E-state index in [-0.39, 0.29) is 29.5 Å². The fourth-order valence-corrected chi connectivity index (χ4v) is 3.54. The van der Waals surface area contributed by atoms with Crippen molar-refractivity contribution in [2.45, 2.75) is 39.2 Å². The Bertz CT molecular complexity index is 862. The largest absolute Gasteiger partial charge is 0.341 e. The molecule has 0 aliphatic carbocycles. The van der Waals surface area contributed by atoms with E-state index < -0.39 is 11.6 Å². The molecule has 1 amide bonds. The average Bonchev–Trinajstić information content (AvgIpc) is 2.64. The molecule has 1 aliphatic rings. The van der Waals surface area contributed by atoms with Gasteiger partial charge in [-0.25, -0.2) is 13.5 Å². The van der Waals surface area contributed by atoms with E-state index in [2.05, 4.69) is 5.10 Å². The molecule has 5 nitrogen and oxygen atoms in total. The molecule has 0 unspecified atom stereocenters. The van der Waals surface area contributed by atoms with Crippen LogP contribution in [0.15, 0.2) is 35.1 Å². The first-order valence-electron chi connectivity index (χ1n) is 9.19. The molecule has 1 saturated heterocycles.